The van der Waals surface area contributed by atoms with Gasteiger partial charge in [0, 0.05) is 18.4 Å². The largest absolute Gasteiger partial charge is 0.494 e. The fourth-order valence-electron chi connectivity index (χ4n) is 1.72. The highest BCUT2D eigenvalue weighted by molar-refractivity contribution is 7.22. The monoisotopic (exact) mass is 295 g/mol. The summed E-state index contributed by atoms with van der Waals surface area (Å²) in [6.45, 7) is 2.90. The molecule has 0 radical (unpaired) electrons. The van der Waals surface area contributed by atoms with Crippen molar-refractivity contribution in [3.8, 4) is 5.75 Å². The van der Waals surface area contributed by atoms with Gasteiger partial charge in [-0.25, -0.2) is 4.98 Å². The number of methoxy groups -OCH3 is 1. The summed E-state index contributed by atoms with van der Waals surface area (Å²) < 4.78 is 11.3. The maximum atomic E-state index is 11.7. The molecule has 1 aromatic carbocycles. The summed E-state index contributed by atoms with van der Waals surface area (Å²) in [4.78, 5) is 16.1. The number of nitrogens with two attached hydrogens (primary N) is 1. The minimum absolute atomic E-state index is 0.121. The van der Waals surface area contributed by atoms with E-state index in [2.05, 4.69) is 10.3 Å². The molecule has 0 spiro atoms. The number of rotatable bonds is 6. The summed E-state index contributed by atoms with van der Waals surface area (Å²) in [5, 5.41) is 3.29. The molecular formula is C13H17N3O3S. The average Bonchev–Trinajstić information content (AvgIpc) is 2.80. The molecule has 2 aromatic rings. The zero-order valence-corrected chi connectivity index (χ0v) is 12.3. The predicted octanol–water partition coefficient (Wildman–Crippen LogP) is 2.25. The van der Waals surface area contributed by atoms with Crippen molar-refractivity contribution in [3.05, 3.63) is 12.1 Å². The van der Waals surface area contributed by atoms with Crippen molar-refractivity contribution in [2.24, 2.45) is 0 Å². The standard InChI is InChI=1S/C13H17N3O3S/c1-3-19-5-4-11(17)15-13-16-12-9(18-2)6-8(14)7-10(12)20-13/h6-7H,3-5,14H2,1-2H3,(H,15,16,17). The molecule has 20 heavy (non-hydrogen) atoms. The molecule has 0 atom stereocenters. The fourth-order valence-corrected chi connectivity index (χ4v) is 2.67. The zero-order valence-electron chi connectivity index (χ0n) is 11.4. The fraction of sp³-hybridized carbons (Fsp3) is 0.385. The second-order valence-corrected chi connectivity index (χ2v) is 5.11. The van der Waals surface area contributed by atoms with E-state index in [0.717, 1.165) is 4.70 Å². The van der Waals surface area contributed by atoms with Crippen LogP contribution in [0.5, 0.6) is 5.75 Å². The van der Waals surface area contributed by atoms with Crippen LogP contribution >= 0.6 is 11.3 Å². The Morgan fingerprint density at radius 3 is 3.00 bits per heavy atom. The minimum atomic E-state index is -0.121. The number of carbonyl (C=O) groups is 1. The Hall–Kier alpha value is -1.86. The molecule has 0 saturated heterocycles. The van der Waals surface area contributed by atoms with Crippen LogP contribution < -0.4 is 15.8 Å². The quantitative estimate of drug-likeness (QED) is 0.630. The number of fused-ring (bicyclic) bond motifs is 1. The van der Waals surface area contributed by atoms with E-state index in [1.807, 2.05) is 13.0 Å². The second kappa shape index (κ2) is 6.53. The number of amides is 1. The van der Waals surface area contributed by atoms with E-state index in [-0.39, 0.29) is 5.91 Å². The molecule has 7 heteroatoms. The summed E-state index contributed by atoms with van der Waals surface area (Å²) in [6, 6.07) is 3.52. The summed E-state index contributed by atoms with van der Waals surface area (Å²) in [5.41, 5.74) is 7.09. The van der Waals surface area contributed by atoms with Gasteiger partial charge in [0.05, 0.1) is 24.8 Å². The van der Waals surface area contributed by atoms with Gasteiger partial charge in [0.2, 0.25) is 5.91 Å². The number of hydrogen-bond donors (Lipinski definition) is 2. The van der Waals surface area contributed by atoms with Crippen molar-refractivity contribution < 1.29 is 14.3 Å². The molecule has 108 valence electrons. The maximum Gasteiger partial charge on any atom is 0.228 e. The van der Waals surface area contributed by atoms with Crippen LogP contribution in [0.1, 0.15) is 13.3 Å². The third-order valence-corrected chi connectivity index (χ3v) is 3.54. The molecule has 6 nitrogen and oxygen atoms in total. The van der Waals surface area contributed by atoms with Gasteiger partial charge in [0.25, 0.3) is 0 Å². The van der Waals surface area contributed by atoms with E-state index in [1.165, 1.54) is 11.3 Å². The molecule has 0 saturated carbocycles. The Kier molecular flexibility index (Phi) is 4.75. The number of aromatic nitrogens is 1. The van der Waals surface area contributed by atoms with E-state index in [1.54, 1.807) is 13.2 Å². The highest BCUT2D eigenvalue weighted by Gasteiger charge is 2.12. The van der Waals surface area contributed by atoms with Gasteiger partial charge in [-0.15, -0.1) is 0 Å². The molecule has 1 heterocycles. The van der Waals surface area contributed by atoms with Gasteiger partial charge in [-0.2, -0.15) is 0 Å². The second-order valence-electron chi connectivity index (χ2n) is 4.08. The predicted molar refractivity (Wildman–Crippen MR) is 80.3 cm³/mol. The number of benzene rings is 1. The number of ether oxygens (including phenoxy) is 2. The van der Waals surface area contributed by atoms with Crippen molar-refractivity contribution in [1.82, 2.24) is 4.98 Å². The van der Waals surface area contributed by atoms with Gasteiger partial charge in [0.1, 0.15) is 11.3 Å². The number of nitrogens with one attached hydrogen (secondary N) is 1. The van der Waals surface area contributed by atoms with Crippen LogP contribution in [0.2, 0.25) is 0 Å². The van der Waals surface area contributed by atoms with E-state index < -0.39 is 0 Å². The topological polar surface area (TPSA) is 86.5 Å². The van der Waals surface area contributed by atoms with Crippen molar-refractivity contribution in [1.29, 1.82) is 0 Å². The third kappa shape index (κ3) is 3.37. The van der Waals surface area contributed by atoms with Crippen molar-refractivity contribution in [2.45, 2.75) is 13.3 Å². The molecule has 0 aliphatic rings. The highest BCUT2D eigenvalue weighted by Crippen LogP contribution is 2.34. The molecular weight excluding hydrogens is 278 g/mol. The number of anilines is 2. The molecule has 0 fully saturated rings. The smallest absolute Gasteiger partial charge is 0.228 e. The SMILES string of the molecule is CCOCCC(=O)Nc1nc2c(OC)cc(N)cc2s1. The molecule has 0 aliphatic carbocycles. The van der Waals surface area contributed by atoms with Gasteiger partial charge in [0.15, 0.2) is 5.13 Å². The lowest BCUT2D eigenvalue weighted by Crippen LogP contribution is -2.13. The normalized spacial score (nSPS) is 10.7. The number of hydrogen-bond acceptors (Lipinski definition) is 6. The van der Waals surface area contributed by atoms with Crippen LogP contribution in [-0.4, -0.2) is 31.2 Å². The lowest BCUT2D eigenvalue weighted by molar-refractivity contribution is -0.117. The van der Waals surface area contributed by atoms with E-state index in [4.69, 9.17) is 15.2 Å². The molecule has 2 rings (SSSR count). The van der Waals surface area contributed by atoms with Gasteiger partial charge in [-0.3, -0.25) is 4.79 Å². The van der Waals surface area contributed by atoms with Crippen molar-refractivity contribution in [2.75, 3.05) is 31.4 Å². The van der Waals surface area contributed by atoms with E-state index in [9.17, 15) is 4.79 Å². The maximum absolute atomic E-state index is 11.7. The minimum Gasteiger partial charge on any atom is -0.494 e. The number of nitrogen functional groups attached to an aromatic ring is 1. The molecule has 0 unspecified atom stereocenters. The third-order valence-electron chi connectivity index (χ3n) is 2.63. The summed E-state index contributed by atoms with van der Waals surface area (Å²) >= 11 is 1.36. The Bertz CT molecular complexity index is 612. The van der Waals surface area contributed by atoms with Gasteiger partial charge in [-0.1, -0.05) is 11.3 Å². The van der Waals surface area contributed by atoms with Crippen LogP contribution in [0, 0.1) is 0 Å². The van der Waals surface area contributed by atoms with Crippen LogP contribution in [0.15, 0.2) is 12.1 Å². The highest BCUT2D eigenvalue weighted by atomic mass is 32.1. The Balaban J connectivity index is 2.13. The van der Waals surface area contributed by atoms with Crippen molar-refractivity contribution >= 4 is 38.3 Å². The van der Waals surface area contributed by atoms with Crippen LogP contribution in [0.4, 0.5) is 10.8 Å². The first-order valence-corrected chi connectivity index (χ1v) is 7.07. The summed E-state index contributed by atoms with van der Waals surface area (Å²) in [5.74, 6) is 0.482. The molecule has 0 aliphatic heterocycles. The first kappa shape index (κ1) is 14.5. The first-order chi connectivity index (χ1) is 9.63. The Morgan fingerprint density at radius 2 is 2.30 bits per heavy atom. The first-order valence-electron chi connectivity index (χ1n) is 6.25. The lowest BCUT2D eigenvalue weighted by Gasteiger charge is -2.01. The Morgan fingerprint density at radius 1 is 1.50 bits per heavy atom. The molecule has 0 bridgehead atoms. The van der Waals surface area contributed by atoms with E-state index >= 15 is 0 Å². The summed E-state index contributed by atoms with van der Waals surface area (Å²) in [7, 11) is 1.56. The molecule has 1 aromatic heterocycles. The van der Waals surface area contributed by atoms with Crippen LogP contribution in [0.25, 0.3) is 10.2 Å². The van der Waals surface area contributed by atoms with Gasteiger partial charge < -0.3 is 20.5 Å². The molecule has 1 amide bonds. The number of thiazole rings is 1. The van der Waals surface area contributed by atoms with Gasteiger partial charge in [-0.05, 0) is 13.0 Å². The molecule has 3 N–H and O–H groups in total. The van der Waals surface area contributed by atoms with Gasteiger partial charge >= 0.3 is 0 Å². The summed E-state index contributed by atoms with van der Waals surface area (Å²) in [6.07, 6.45) is 0.309. The van der Waals surface area contributed by atoms with E-state index in [0.29, 0.717) is 41.7 Å². The zero-order chi connectivity index (χ0) is 14.5. The Labute approximate surface area is 120 Å². The number of carbonyl (C=O) groups excluding carboxylic acids is 1. The number of nitrogens with zero attached hydrogens (tertiary/aromatic N) is 1. The average molecular weight is 295 g/mol. The van der Waals surface area contributed by atoms with Crippen LogP contribution in [0.3, 0.4) is 0 Å². The van der Waals surface area contributed by atoms with Crippen molar-refractivity contribution in [3.63, 3.8) is 0 Å². The lowest BCUT2D eigenvalue weighted by atomic mass is 10.3. The van der Waals surface area contributed by atoms with Crippen LogP contribution in [-0.2, 0) is 9.53 Å².